The minimum Gasteiger partial charge on any atom is -0.305 e. The van der Waals surface area contributed by atoms with Gasteiger partial charge >= 0.3 is 12.2 Å². The van der Waals surface area contributed by atoms with Gasteiger partial charge in [-0.3, -0.25) is 4.90 Å². The minimum absolute atomic E-state index is 0.194. The second kappa shape index (κ2) is 7.55. The third-order valence-electron chi connectivity index (χ3n) is 3.69. The Bertz CT molecular complexity index is 901. The lowest BCUT2D eigenvalue weighted by atomic mass is 10.2. The zero-order valence-electron chi connectivity index (χ0n) is 14.0. The summed E-state index contributed by atoms with van der Waals surface area (Å²) in [4.78, 5) is 22.0. The first-order valence-corrected chi connectivity index (χ1v) is 8.77. The molecule has 1 N–H and O–H groups in total. The average Bonchev–Trinajstić information content (AvgIpc) is 2.61. The Morgan fingerprint density at radius 1 is 1.37 bits per heavy atom. The number of hydrogen-bond donors (Lipinski definition) is 1. The lowest BCUT2D eigenvalue weighted by Gasteiger charge is -2.22. The van der Waals surface area contributed by atoms with Gasteiger partial charge < -0.3 is 5.32 Å². The number of hydrogen-bond acceptors (Lipinski definition) is 4. The molecule has 2 amide bonds. The predicted octanol–water partition coefficient (Wildman–Crippen LogP) is 4.89. The third-order valence-corrected chi connectivity index (χ3v) is 4.91. The van der Waals surface area contributed by atoms with Gasteiger partial charge in [-0.1, -0.05) is 6.07 Å². The van der Waals surface area contributed by atoms with Crippen molar-refractivity contribution in [2.45, 2.75) is 24.5 Å². The van der Waals surface area contributed by atoms with E-state index >= 15 is 0 Å². The summed E-state index contributed by atoms with van der Waals surface area (Å²) in [7, 11) is 0. The molecule has 0 saturated heterocycles. The molecular weight excluding hydrogens is 384 g/mol. The molecule has 0 unspecified atom stereocenters. The van der Waals surface area contributed by atoms with Crippen LogP contribution in [0.4, 0.5) is 33.9 Å². The molecule has 1 aromatic carbocycles. The van der Waals surface area contributed by atoms with Crippen molar-refractivity contribution in [2.75, 3.05) is 11.1 Å². The Morgan fingerprint density at radius 3 is 2.89 bits per heavy atom. The summed E-state index contributed by atoms with van der Waals surface area (Å²) in [6.45, 7) is 1.70. The first kappa shape index (κ1) is 19.2. The highest BCUT2D eigenvalue weighted by atomic mass is 32.2. The molecule has 0 saturated carbocycles. The zero-order valence-corrected chi connectivity index (χ0v) is 14.9. The van der Waals surface area contributed by atoms with Crippen LogP contribution in [-0.2, 0) is 6.54 Å². The lowest BCUT2D eigenvalue weighted by molar-refractivity contribution is -0.105. The van der Waals surface area contributed by atoms with Crippen molar-refractivity contribution in [1.82, 2.24) is 9.88 Å². The molecule has 0 fully saturated rings. The molecule has 27 heavy (non-hydrogen) atoms. The minimum atomic E-state index is -4.35. The Morgan fingerprint density at radius 2 is 2.15 bits per heavy atom. The number of aryl methyl sites for hydroxylation is 1. The van der Waals surface area contributed by atoms with Crippen molar-refractivity contribution in [3.8, 4) is 0 Å². The number of rotatable bonds is 3. The lowest BCUT2D eigenvalue weighted by Crippen LogP contribution is -2.35. The molecule has 142 valence electrons. The molecular formula is C17H14F4N4OS. The highest BCUT2D eigenvalue weighted by Gasteiger charge is 2.28. The van der Waals surface area contributed by atoms with E-state index in [1.165, 1.54) is 24.2 Å². The first-order chi connectivity index (χ1) is 12.7. The third kappa shape index (κ3) is 4.76. The van der Waals surface area contributed by atoms with Gasteiger partial charge in [0.15, 0.2) is 5.82 Å². The zero-order chi connectivity index (χ0) is 19.6. The van der Waals surface area contributed by atoms with Crippen LogP contribution in [-0.4, -0.2) is 34.2 Å². The number of benzene rings is 1. The van der Waals surface area contributed by atoms with Gasteiger partial charge in [0.1, 0.15) is 12.2 Å². The number of aliphatic imine (C=N–C) groups is 1. The number of anilines is 1. The maximum absolute atomic E-state index is 14.2. The monoisotopic (exact) mass is 398 g/mol. The quantitative estimate of drug-likeness (QED) is 0.592. The van der Waals surface area contributed by atoms with Crippen LogP contribution in [0.3, 0.4) is 0 Å². The summed E-state index contributed by atoms with van der Waals surface area (Å²) < 4.78 is 51.5. The number of alkyl halides is 3. The number of aromatic nitrogens is 1. The highest BCUT2D eigenvalue weighted by molar-refractivity contribution is 7.99. The van der Waals surface area contributed by atoms with Crippen molar-refractivity contribution in [2.24, 2.45) is 4.99 Å². The van der Waals surface area contributed by atoms with Crippen LogP contribution in [0.1, 0.15) is 11.1 Å². The first-order valence-electron chi connectivity index (χ1n) is 7.78. The van der Waals surface area contributed by atoms with E-state index < -0.39 is 23.8 Å². The molecule has 1 aromatic heterocycles. The fourth-order valence-electron chi connectivity index (χ4n) is 2.39. The summed E-state index contributed by atoms with van der Waals surface area (Å²) >= 11 is 0.539. The molecule has 1 aliphatic heterocycles. The van der Waals surface area contributed by atoms with Gasteiger partial charge in [0.25, 0.3) is 0 Å². The number of amides is 2. The van der Waals surface area contributed by atoms with Crippen molar-refractivity contribution in [1.29, 1.82) is 0 Å². The molecule has 0 atom stereocenters. The molecule has 0 radical (unpaired) electrons. The maximum Gasteiger partial charge on any atom is 0.398 e. The summed E-state index contributed by atoms with van der Waals surface area (Å²) in [5.41, 5.74) is 0.890. The fraction of sp³-hybridized carbons (Fsp3) is 0.235. The summed E-state index contributed by atoms with van der Waals surface area (Å²) in [6, 6.07) is 5.12. The Balaban J connectivity index is 1.74. The number of fused-ring (bicyclic) bond motifs is 1. The van der Waals surface area contributed by atoms with Gasteiger partial charge in [-0.25, -0.2) is 19.2 Å². The number of thioether (sulfide) groups is 1. The molecule has 2 aromatic rings. The molecule has 3 rings (SSSR count). The largest absolute Gasteiger partial charge is 0.398 e. The Kier molecular flexibility index (Phi) is 5.36. The smallest absolute Gasteiger partial charge is 0.305 e. The second-order valence-electron chi connectivity index (χ2n) is 5.79. The van der Waals surface area contributed by atoms with Gasteiger partial charge in [0.05, 0.1) is 18.0 Å². The normalized spacial score (nSPS) is 13.4. The van der Waals surface area contributed by atoms with Gasteiger partial charge in [0, 0.05) is 16.7 Å². The van der Waals surface area contributed by atoms with Crippen LogP contribution < -0.4 is 5.32 Å². The number of nitrogens with one attached hydrogen (secondary N) is 1. The molecule has 2 heterocycles. The molecule has 1 aliphatic rings. The fourth-order valence-corrected chi connectivity index (χ4v) is 3.20. The average molecular weight is 398 g/mol. The summed E-state index contributed by atoms with van der Waals surface area (Å²) in [6.07, 6.45) is -1.50. The number of pyridine rings is 1. The van der Waals surface area contributed by atoms with Gasteiger partial charge in [0.2, 0.25) is 0 Å². The van der Waals surface area contributed by atoms with E-state index in [4.69, 9.17) is 0 Å². The SMILES string of the molecule is Cc1cc(F)c(NC(=O)N2C=Nc3ncccc3C2)cc1SCC(F)(F)F. The van der Waals surface area contributed by atoms with E-state index in [1.54, 1.807) is 18.3 Å². The van der Waals surface area contributed by atoms with Crippen molar-refractivity contribution in [3.63, 3.8) is 0 Å². The summed E-state index contributed by atoms with van der Waals surface area (Å²) in [5.74, 6) is -1.34. The van der Waals surface area contributed by atoms with Crippen LogP contribution in [0.25, 0.3) is 0 Å². The number of carbonyl (C=O) groups is 1. The second-order valence-corrected chi connectivity index (χ2v) is 6.81. The topological polar surface area (TPSA) is 57.6 Å². The maximum atomic E-state index is 14.2. The number of urea groups is 1. The predicted molar refractivity (Wildman–Crippen MR) is 94.9 cm³/mol. The van der Waals surface area contributed by atoms with E-state index in [0.29, 0.717) is 23.1 Å². The number of carbonyl (C=O) groups excluding carboxylic acids is 1. The van der Waals surface area contributed by atoms with E-state index in [1.807, 2.05) is 0 Å². The van der Waals surface area contributed by atoms with Gasteiger partial charge in [-0.2, -0.15) is 13.2 Å². The molecule has 5 nitrogen and oxygen atoms in total. The summed E-state index contributed by atoms with van der Waals surface area (Å²) in [5, 5.41) is 2.38. The van der Waals surface area contributed by atoms with E-state index in [9.17, 15) is 22.4 Å². The van der Waals surface area contributed by atoms with Crippen molar-refractivity contribution in [3.05, 3.63) is 47.4 Å². The van der Waals surface area contributed by atoms with E-state index in [0.717, 1.165) is 11.6 Å². The van der Waals surface area contributed by atoms with Crippen LogP contribution in [0, 0.1) is 12.7 Å². The van der Waals surface area contributed by atoms with Crippen molar-refractivity contribution >= 4 is 35.6 Å². The molecule has 0 spiro atoms. The van der Waals surface area contributed by atoms with E-state index in [-0.39, 0.29) is 17.1 Å². The molecule has 0 bridgehead atoms. The highest BCUT2D eigenvalue weighted by Crippen LogP contribution is 2.32. The van der Waals surface area contributed by atoms with Gasteiger partial charge in [-0.15, -0.1) is 11.8 Å². The Labute approximate surface area is 156 Å². The van der Waals surface area contributed by atoms with E-state index in [2.05, 4.69) is 15.3 Å². The van der Waals surface area contributed by atoms with Crippen LogP contribution in [0.15, 0.2) is 40.4 Å². The standard InChI is InChI=1S/C17H14F4N4OS/c1-10-5-12(18)13(6-14(10)27-8-17(19,20)21)24-16(26)25-7-11-3-2-4-22-15(11)23-9-25/h2-6,9H,7-8H2,1H3,(H,24,26). The Hall–Kier alpha value is -2.62. The number of nitrogens with zero attached hydrogens (tertiary/aromatic N) is 3. The van der Waals surface area contributed by atoms with Crippen LogP contribution in [0.5, 0.6) is 0 Å². The molecule has 0 aliphatic carbocycles. The van der Waals surface area contributed by atoms with Crippen LogP contribution in [0.2, 0.25) is 0 Å². The number of halogens is 4. The van der Waals surface area contributed by atoms with Crippen molar-refractivity contribution < 1.29 is 22.4 Å². The van der Waals surface area contributed by atoms with Gasteiger partial charge in [-0.05, 0) is 30.7 Å². The van der Waals surface area contributed by atoms with Crippen LogP contribution >= 0.6 is 11.8 Å². The molecule has 10 heteroatoms.